The Morgan fingerprint density at radius 2 is 2.36 bits per heavy atom. The minimum Gasteiger partial charge on any atom is -0.495 e. The average molecular weight is 194 g/mol. The van der Waals surface area contributed by atoms with Crippen LogP contribution in [0.3, 0.4) is 0 Å². The second-order valence-corrected chi connectivity index (χ2v) is 3.37. The third-order valence-corrected chi connectivity index (χ3v) is 2.30. The quantitative estimate of drug-likeness (QED) is 0.782. The summed E-state index contributed by atoms with van der Waals surface area (Å²) in [4.78, 5) is 4.00. The normalized spacial score (nSPS) is 12.5. The third kappa shape index (κ3) is 2.70. The molecule has 14 heavy (non-hydrogen) atoms. The van der Waals surface area contributed by atoms with E-state index in [9.17, 15) is 0 Å². The summed E-state index contributed by atoms with van der Waals surface area (Å²) in [5.74, 6) is 0.788. The summed E-state index contributed by atoms with van der Waals surface area (Å²) in [5.41, 5.74) is 7.10. The first-order valence-electron chi connectivity index (χ1n) is 5.03. The van der Waals surface area contributed by atoms with Crippen molar-refractivity contribution in [3.8, 4) is 5.75 Å². The fraction of sp³-hybridized carbons (Fsp3) is 0.545. The van der Waals surface area contributed by atoms with Crippen molar-refractivity contribution in [1.82, 2.24) is 4.98 Å². The van der Waals surface area contributed by atoms with E-state index < -0.39 is 0 Å². The summed E-state index contributed by atoms with van der Waals surface area (Å²) in [7, 11) is 1.65. The zero-order valence-corrected chi connectivity index (χ0v) is 8.86. The van der Waals surface area contributed by atoms with Crippen LogP contribution in [-0.2, 0) is 0 Å². The van der Waals surface area contributed by atoms with E-state index in [4.69, 9.17) is 10.5 Å². The van der Waals surface area contributed by atoms with Gasteiger partial charge in [-0.3, -0.25) is 4.98 Å². The van der Waals surface area contributed by atoms with Crippen molar-refractivity contribution >= 4 is 0 Å². The van der Waals surface area contributed by atoms with Gasteiger partial charge in [-0.25, -0.2) is 0 Å². The van der Waals surface area contributed by atoms with Crippen molar-refractivity contribution < 1.29 is 4.74 Å². The number of hydrogen-bond acceptors (Lipinski definition) is 3. The largest absolute Gasteiger partial charge is 0.495 e. The molecular formula is C11H18N2O. The van der Waals surface area contributed by atoms with Gasteiger partial charge in [0.25, 0.3) is 0 Å². The van der Waals surface area contributed by atoms with Crippen molar-refractivity contribution in [1.29, 1.82) is 0 Å². The van der Waals surface area contributed by atoms with E-state index in [2.05, 4.69) is 11.9 Å². The maximum atomic E-state index is 6.05. The van der Waals surface area contributed by atoms with E-state index >= 15 is 0 Å². The highest BCUT2D eigenvalue weighted by Gasteiger charge is 2.10. The Labute approximate surface area is 85.3 Å². The molecule has 0 bridgehead atoms. The molecule has 1 atom stereocenters. The monoisotopic (exact) mass is 194 g/mol. The number of hydrogen-bond donors (Lipinski definition) is 1. The number of nitrogens with two attached hydrogens (primary N) is 1. The van der Waals surface area contributed by atoms with Gasteiger partial charge in [0, 0.05) is 17.8 Å². The second kappa shape index (κ2) is 5.60. The average Bonchev–Trinajstić information content (AvgIpc) is 2.25. The van der Waals surface area contributed by atoms with E-state index in [1.54, 1.807) is 19.5 Å². The van der Waals surface area contributed by atoms with Gasteiger partial charge in [-0.1, -0.05) is 19.8 Å². The molecule has 0 aromatic carbocycles. The molecule has 0 spiro atoms. The van der Waals surface area contributed by atoms with Crippen molar-refractivity contribution in [2.45, 2.75) is 32.2 Å². The van der Waals surface area contributed by atoms with Gasteiger partial charge in [0.15, 0.2) is 0 Å². The van der Waals surface area contributed by atoms with Gasteiger partial charge in [0.05, 0.1) is 13.3 Å². The summed E-state index contributed by atoms with van der Waals surface area (Å²) < 4.78 is 5.20. The maximum absolute atomic E-state index is 6.05. The lowest BCUT2D eigenvalue weighted by Gasteiger charge is -2.14. The molecular weight excluding hydrogens is 176 g/mol. The highest BCUT2D eigenvalue weighted by atomic mass is 16.5. The van der Waals surface area contributed by atoms with Crippen LogP contribution < -0.4 is 10.5 Å². The maximum Gasteiger partial charge on any atom is 0.141 e. The molecule has 1 aromatic rings. The SMILES string of the molecule is CCCCC(N)c1ccncc1OC. The molecule has 0 saturated heterocycles. The summed E-state index contributed by atoms with van der Waals surface area (Å²) >= 11 is 0. The highest BCUT2D eigenvalue weighted by Crippen LogP contribution is 2.25. The molecule has 0 fully saturated rings. The van der Waals surface area contributed by atoms with Crippen LogP contribution in [0.4, 0.5) is 0 Å². The zero-order chi connectivity index (χ0) is 10.4. The van der Waals surface area contributed by atoms with Crippen LogP contribution in [0, 0.1) is 0 Å². The highest BCUT2D eigenvalue weighted by molar-refractivity contribution is 5.32. The molecule has 3 heteroatoms. The molecule has 0 aliphatic rings. The van der Waals surface area contributed by atoms with Gasteiger partial charge in [0.2, 0.25) is 0 Å². The Morgan fingerprint density at radius 3 is 3.00 bits per heavy atom. The van der Waals surface area contributed by atoms with Crippen LogP contribution in [0.2, 0.25) is 0 Å². The summed E-state index contributed by atoms with van der Waals surface area (Å²) in [6.45, 7) is 2.16. The Hall–Kier alpha value is -1.09. The molecule has 1 rings (SSSR count). The van der Waals surface area contributed by atoms with Crippen molar-refractivity contribution in [3.63, 3.8) is 0 Å². The number of rotatable bonds is 5. The molecule has 0 saturated carbocycles. The number of ether oxygens (including phenoxy) is 1. The number of unbranched alkanes of at least 4 members (excludes halogenated alkanes) is 1. The van der Waals surface area contributed by atoms with Crippen molar-refractivity contribution in [2.75, 3.05) is 7.11 Å². The molecule has 78 valence electrons. The lowest BCUT2D eigenvalue weighted by atomic mass is 10.0. The van der Waals surface area contributed by atoms with Crippen molar-refractivity contribution in [2.24, 2.45) is 5.73 Å². The van der Waals surface area contributed by atoms with Crippen LogP contribution in [-0.4, -0.2) is 12.1 Å². The summed E-state index contributed by atoms with van der Waals surface area (Å²) in [5, 5.41) is 0. The van der Waals surface area contributed by atoms with E-state index in [-0.39, 0.29) is 6.04 Å². The molecule has 1 unspecified atom stereocenters. The predicted molar refractivity (Wildman–Crippen MR) is 57.2 cm³/mol. The summed E-state index contributed by atoms with van der Waals surface area (Å²) in [6.07, 6.45) is 6.77. The topological polar surface area (TPSA) is 48.1 Å². The molecule has 2 N–H and O–H groups in total. The lowest BCUT2D eigenvalue weighted by molar-refractivity contribution is 0.401. The first-order chi connectivity index (χ1) is 6.79. The van der Waals surface area contributed by atoms with Gasteiger partial charge in [0.1, 0.15) is 5.75 Å². The minimum atomic E-state index is 0.0629. The predicted octanol–water partition coefficient (Wildman–Crippen LogP) is 2.28. The Kier molecular flexibility index (Phi) is 4.40. The zero-order valence-electron chi connectivity index (χ0n) is 8.86. The van der Waals surface area contributed by atoms with Gasteiger partial charge in [-0.05, 0) is 12.5 Å². The van der Waals surface area contributed by atoms with Crippen LogP contribution in [0.25, 0.3) is 0 Å². The van der Waals surface area contributed by atoms with E-state index in [1.165, 1.54) is 6.42 Å². The Morgan fingerprint density at radius 1 is 1.57 bits per heavy atom. The molecule has 0 aliphatic carbocycles. The lowest BCUT2D eigenvalue weighted by Crippen LogP contribution is -2.11. The van der Waals surface area contributed by atoms with Gasteiger partial charge in [-0.15, -0.1) is 0 Å². The fourth-order valence-electron chi connectivity index (χ4n) is 1.45. The van der Waals surface area contributed by atoms with E-state index in [0.29, 0.717) is 0 Å². The third-order valence-electron chi connectivity index (χ3n) is 2.30. The van der Waals surface area contributed by atoms with Gasteiger partial charge < -0.3 is 10.5 Å². The Balaban J connectivity index is 2.72. The number of aromatic nitrogens is 1. The molecule has 0 amide bonds. The number of nitrogens with zero attached hydrogens (tertiary/aromatic N) is 1. The first kappa shape index (κ1) is 11.0. The molecule has 1 heterocycles. The van der Waals surface area contributed by atoms with E-state index in [0.717, 1.165) is 24.2 Å². The van der Waals surface area contributed by atoms with Crippen LogP contribution >= 0.6 is 0 Å². The van der Waals surface area contributed by atoms with Gasteiger partial charge >= 0.3 is 0 Å². The summed E-state index contributed by atoms with van der Waals surface area (Å²) in [6, 6.07) is 1.99. The first-order valence-corrected chi connectivity index (χ1v) is 5.03. The van der Waals surface area contributed by atoms with Crippen LogP contribution in [0.5, 0.6) is 5.75 Å². The number of pyridine rings is 1. The molecule has 0 aliphatic heterocycles. The molecule has 3 nitrogen and oxygen atoms in total. The fourth-order valence-corrected chi connectivity index (χ4v) is 1.45. The second-order valence-electron chi connectivity index (χ2n) is 3.37. The molecule has 1 aromatic heterocycles. The van der Waals surface area contributed by atoms with Gasteiger partial charge in [-0.2, -0.15) is 0 Å². The van der Waals surface area contributed by atoms with Crippen LogP contribution in [0.1, 0.15) is 37.8 Å². The molecule has 0 radical (unpaired) electrons. The minimum absolute atomic E-state index is 0.0629. The van der Waals surface area contributed by atoms with Crippen molar-refractivity contribution in [3.05, 3.63) is 24.0 Å². The Bertz CT molecular complexity index is 276. The number of methoxy groups -OCH3 is 1. The van der Waals surface area contributed by atoms with Crippen LogP contribution in [0.15, 0.2) is 18.5 Å². The smallest absolute Gasteiger partial charge is 0.141 e. The van der Waals surface area contributed by atoms with E-state index in [1.807, 2.05) is 6.07 Å². The standard InChI is InChI=1S/C11H18N2O/c1-3-4-5-10(12)9-6-7-13-8-11(9)14-2/h6-8,10H,3-5,12H2,1-2H3.